The van der Waals surface area contributed by atoms with Crippen LogP contribution in [0.4, 0.5) is 0 Å². The maximum atomic E-state index is 12.0. The first-order chi connectivity index (χ1) is 9.91. The van der Waals surface area contributed by atoms with Gasteiger partial charge in [-0.15, -0.1) is 0 Å². The molecule has 1 unspecified atom stereocenters. The normalized spacial score (nSPS) is 12.6. The average molecular weight is 292 g/mol. The highest BCUT2D eigenvalue weighted by atomic mass is 16.3. The van der Waals surface area contributed by atoms with Gasteiger partial charge < -0.3 is 15.7 Å². The lowest BCUT2D eigenvalue weighted by Gasteiger charge is -2.26. The first-order valence-corrected chi connectivity index (χ1v) is 7.28. The summed E-state index contributed by atoms with van der Waals surface area (Å²) in [5.74, 6) is -0.598. The molecule has 116 valence electrons. The second-order valence-corrected chi connectivity index (χ2v) is 5.21. The molecule has 0 aromatic heterocycles. The summed E-state index contributed by atoms with van der Waals surface area (Å²) in [4.78, 5) is 23.9. The van der Waals surface area contributed by atoms with Gasteiger partial charge in [0.2, 0.25) is 5.91 Å². The molecule has 0 spiro atoms. The molecule has 0 saturated heterocycles. The molecule has 0 heterocycles. The molecule has 0 aliphatic rings. The van der Waals surface area contributed by atoms with Crippen LogP contribution < -0.4 is 10.6 Å². The van der Waals surface area contributed by atoms with Gasteiger partial charge in [-0.25, -0.2) is 0 Å². The molecule has 0 aliphatic heterocycles. The number of hydrogen-bond donors (Lipinski definition) is 3. The summed E-state index contributed by atoms with van der Waals surface area (Å²) >= 11 is 0. The molecule has 0 bridgehead atoms. The van der Waals surface area contributed by atoms with Crippen LogP contribution in [0.15, 0.2) is 30.3 Å². The van der Waals surface area contributed by atoms with Crippen molar-refractivity contribution in [3.8, 4) is 0 Å². The molecule has 0 aliphatic carbocycles. The van der Waals surface area contributed by atoms with Crippen molar-refractivity contribution < 1.29 is 14.7 Å². The Hall–Kier alpha value is -1.88. The number of carbonyl (C=O) groups is 2. The fourth-order valence-electron chi connectivity index (χ4n) is 1.84. The van der Waals surface area contributed by atoms with Gasteiger partial charge in [-0.3, -0.25) is 9.59 Å². The van der Waals surface area contributed by atoms with Crippen molar-refractivity contribution in [3.63, 3.8) is 0 Å². The molecule has 2 amide bonds. The fraction of sp³-hybridized carbons (Fsp3) is 0.500. The van der Waals surface area contributed by atoms with Crippen LogP contribution >= 0.6 is 0 Å². The smallest absolute Gasteiger partial charge is 0.251 e. The Morgan fingerprint density at radius 1 is 1.19 bits per heavy atom. The molecule has 0 radical (unpaired) electrons. The highest BCUT2D eigenvalue weighted by Gasteiger charge is 2.24. The zero-order chi connectivity index (χ0) is 15.9. The third kappa shape index (κ3) is 5.19. The van der Waals surface area contributed by atoms with Crippen LogP contribution in [-0.2, 0) is 4.79 Å². The summed E-state index contributed by atoms with van der Waals surface area (Å²) in [5.41, 5.74) is -0.380. The quantitative estimate of drug-likeness (QED) is 0.712. The number of carbonyl (C=O) groups excluding carboxylic acids is 2. The maximum absolute atomic E-state index is 12.0. The molecule has 1 atom stereocenters. The Kier molecular flexibility index (Phi) is 6.37. The van der Waals surface area contributed by atoms with E-state index in [1.54, 1.807) is 31.2 Å². The standard InChI is InChI=1S/C16H24N2O3/c1-4-16(21,5-2)11-17-14(19)12(3)18-15(20)13-9-7-6-8-10-13/h6-10,12,21H,4-5,11H2,1-3H3,(H,17,19)(H,18,20). The van der Waals surface area contributed by atoms with Gasteiger partial charge in [0.05, 0.1) is 5.60 Å². The van der Waals surface area contributed by atoms with Crippen molar-refractivity contribution in [1.29, 1.82) is 0 Å². The monoisotopic (exact) mass is 292 g/mol. The van der Waals surface area contributed by atoms with E-state index in [4.69, 9.17) is 0 Å². The summed E-state index contributed by atoms with van der Waals surface area (Å²) in [7, 11) is 0. The molecule has 1 aromatic carbocycles. The Morgan fingerprint density at radius 2 is 1.76 bits per heavy atom. The topological polar surface area (TPSA) is 78.4 Å². The molecule has 5 nitrogen and oxygen atoms in total. The molecule has 5 heteroatoms. The number of amides is 2. The average Bonchev–Trinajstić information content (AvgIpc) is 2.52. The van der Waals surface area contributed by atoms with Crippen molar-refractivity contribution in [2.45, 2.75) is 45.3 Å². The zero-order valence-electron chi connectivity index (χ0n) is 12.8. The maximum Gasteiger partial charge on any atom is 0.251 e. The molecule has 1 rings (SSSR count). The van der Waals surface area contributed by atoms with Gasteiger partial charge in [0.1, 0.15) is 6.04 Å². The van der Waals surface area contributed by atoms with Gasteiger partial charge in [0.25, 0.3) is 5.91 Å². The van der Waals surface area contributed by atoms with Crippen LogP contribution in [-0.4, -0.2) is 35.1 Å². The van der Waals surface area contributed by atoms with Crippen LogP contribution in [0, 0.1) is 0 Å². The van der Waals surface area contributed by atoms with Gasteiger partial charge in [-0.2, -0.15) is 0 Å². The van der Waals surface area contributed by atoms with Crippen molar-refractivity contribution in [2.75, 3.05) is 6.54 Å². The summed E-state index contributed by atoms with van der Waals surface area (Å²) in [6.45, 7) is 5.55. The minimum atomic E-state index is -0.890. The van der Waals surface area contributed by atoms with E-state index in [-0.39, 0.29) is 18.4 Å². The van der Waals surface area contributed by atoms with E-state index in [2.05, 4.69) is 10.6 Å². The zero-order valence-corrected chi connectivity index (χ0v) is 12.8. The first kappa shape index (κ1) is 17.2. The summed E-state index contributed by atoms with van der Waals surface area (Å²) in [6.07, 6.45) is 1.13. The van der Waals surface area contributed by atoms with Gasteiger partial charge in [-0.1, -0.05) is 32.0 Å². The highest BCUT2D eigenvalue weighted by molar-refractivity contribution is 5.97. The minimum Gasteiger partial charge on any atom is -0.388 e. The fourth-order valence-corrected chi connectivity index (χ4v) is 1.84. The highest BCUT2D eigenvalue weighted by Crippen LogP contribution is 2.12. The number of hydrogen-bond acceptors (Lipinski definition) is 3. The SMILES string of the molecule is CCC(O)(CC)CNC(=O)C(C)NC(=O)c1ccccc1. The third-order valence-corrected chi connectivity index (χ3v) is 3.68. The first-order valence-electron chi connectivity index (χ1n) is 7.28. The molecule has 3 N–H and O–H groups in total. The van der Waals surface area contributed by atoms with Crippen LogP contribution in [0.3, 0.4) is 0 Å². The predicted octanol–water partition coefficient (Wildman–Crippen LogP) is 1.47. The van der Waals surface area contributed by atoms with Crippen molar-refractivity contribution in [2.24, 2.45) is 0 Å². The van der Waals surface area contributed by atoms with E-state index in [0.717, 1.165) is 0 Å². The van der Waals surface area contributed by atoms with E-state index in [1.165, 1.54) is 0 Å². The summed E-state index contributed by atoms with van der Waals surface area (Å²) < 4.78 is 0. The van der Waals surface area contributed by atoms with Gasteiger partial charge in [0.15, 0.2) is 0 Å². The van der Waals surface area contributed by atoms with E-state index in [1.807, 2.05) is 19.9 Å². The number of rotatable bonds is 7. The van der Waals surface area contributed by atoms with Crippen molar-refractivity contribution in [3.05, 3.63) is 35.9 Å². The minimum absolute atomic E-state index is 0.185. The van der Waals surface area contributed by atoms with Gasteiger partial charge in [0, 0.05) is 12.1 Å². The second-order valence-electron chi connectivity index (χ2n) is 5.21. The Labute approximate surface area is 125 Å². The van der Waals surface area contributed by atoms with Gasteiger partial charge in [-0.05, 0) is 31.9 Å². The largest absolute Gasteiger partial charge is 0.388 e. The molecule has 1 aromatic rings. The summed E-state index contributed by atoms with van der Waals surface area (Å²) in [6, 6.07) is 8.07. The van der Waals surface area contributed by atoms with Crippen LogP contribution in [0.1, 0.15) is 44.0 Å². The van der Waals surface area contributed by atoms with Crippen molar-refractivity contribution >= 4 is 11.8 Å². The van der Waals surface area contributed by atoms with E-state index in [9.17, 15) is 14.7 Å². The number of nitrogens with one attached hydrogen (secondary N) is 2. The van der Waals surface area contributed by atoms with Crippen molar-refractivity contribution in [1.82, 2.24) is 10.6 Å². The Balaban J connectivity index is 2.50. The molecule has 21 heavy (non-hydrogen) atoms. The molecule has 0 saturated carbocycles. The van der Waals surface area contributed by atoms with E-state index >= 15 is 0 Å². The molecular formula is C16H24N2O3. The van der Waals surface area contributed by atoms with E-state index < -0.39 is 11.6 Å². The Bertz CT molecular complexity index is 470. The molecular weight excluding hydrogens is 268 g/mol. The number of aliphatic hydroxyl groups is 1. The summed E-state index contributed by atoms with van der Waals surface area (Å²) in [5, 5.41) is 15.4. The van der Waals surface area contributed by atoms with Crippen LogP contribution in [0.5, 0.6) is 0 Å². The molecule has 0 fully saturated rings. The lowest BCUT2D eigenvalue weighted by Crippen LogP contribution is -2.49. The predicted molar refractivity (Wildman–Crippen MR) is 81.9 cm³/mol. The number of benzene rings is 1. The van der Waals surface area contributed by atoms with E-state index in [0.29, 0.717) is 18.4 Å². The third-order valence-electron chi connectivity index (χ3n) is 3.68. The Morgan fingerprint density at radius 3 is 2.29 bits per heavy atom. The van der Waals surface area contributed by atoms with Crippen LogP contribution in [0.2, 0.25) is 0 Å². The van der Waals surface area contributed by atoms with Crippen LogP contribution in [0.25, 0.3) is 0 Å². The second kappa shape index (κ2) is 7.78. The lowest BCUT2D eigenvalue weighted by molar-refractivity contribution is -0.123. The van der Waals surface area contributed by atoms with Gasteiger partial charge >= 0.3 is 0 Å². The lowest BCUT2D eigenvalue weighted by atomic mass is 9.97.